The smallest absolute Gasteiger partial charge is 0.338 e. The Kier molecular flexibility index (Phi) is 6.41. The Morgan fingerprint density at radius 1 is 1.16 bits per heavy atom. The maximum Gasteiger partial charge on any atom is 0.338 e. The van der Waals surface area contributed by atoms with Crippen molar-refractivity contribution < 1.29 is 23.9 Å². The number of rotatable bonds is 5. The van der Waals surface area contributed by atoms with Crippen molar-refractivity contribution in [3.63, 3.8) is 0 Å². The van der Waals surface area contributed by atoms with Gasteiger partial charge in [0, 0.05) is 19.1 Å². The van der Waals surface area contributed by atoms with Crippen LogP contribution in [-0.2, 0) is 25.7 Å². The number of hydrogen-bond acceptors (Lipinski definition) is 7. The van der Waals surface area contributed by atoms with Crippen LogP contribution in [0.2, 0.25) is 0 Å². The summed E-state index contributed by atoms with van der Waals surface area (Å²) >= 11 is 1.48. The lowest BCUT2D eigenvalue weighted by Gasteiger charge is -2.39. The molecular formula is C24H22N2O5S. The molecule has 0 saturated carbocycles. The maximum absolute atomic E-state index is 13.2. The van der Waals surface area contributed by atoms with Crippen molar-refractivity contribution in [3.8, 4) is 5.75 Å². The van der Waals surface area contributed by atoms with E-state index in [0.717, 1.165) is 5.56 Å². The van der Waals surface area contributed by atoms with Gasteiger partial charge in [-0.1, -0.05) is 54.2 Å². The van der Waals surface area contributed by atoms with E-state index in [2.05, 4.69) is 4.99 Å². The van der Waals surface area contributed by atoms with Crippen LogP contribution in [0.25, 0.3) is 0 Å². The lowest BCUT2D eigenvalue weighted by atomic mass is 9.94. The van der Waals surface area contributed by atoms with Crippen LogP contribution < -0.4 is 4.74 Å². The minimum atomic E-state index is -0.721. The normalized spacial score (nSPS) is 18.1. The number of amidine groups is 1. The molecule has 2 aromatic rings. The van der Waals surface area contributed by atoms with Crippen molar-refractivity contribution in [2.24, 2.45) is 4.99 Å². The van der Waals surface area contributed by atoms with E-state index >= 15 is 0 Å². The van der Waals surface area contributed by atoms with Gasteiger partial charge in [-0.3, -0.25) is 14.5 Å². The van der Waals surface area contributed by atoms with Crippen LogP contribution in [0.3, 0.4) is 0 Å². The average molecular weight is 451 g/mol. The minimum Gasteiger partial charge on any atom is -0.457 e. The summed E-state index contributed by atoms with van der Waals surface area (Å²) in [6.07, 6.45) is 0.342. The number of hydrogen-bond donors (Lipinski definition) is 0. The van der Waals surface area contributed by atoms with E-state index in [1.54, 1.807) is 36.1 Å². The summed E-state index contributed by atoms with van der Waals surface area (Å²) in [5.74, 6) is -0.139. The molecule has 2 aromatic carbocycles. The largest absolute Gasteiger partial charge is 0.457 e. The molecule has 1 amide bonds. The van der Waals surface area contributed by atoms with Gasteiger partial charge in [-0.05, 0) is 30.2 Å². The highest BCUT2D eigenvalue weighted by molar-refractivity contribution is 8.14. The lowest BCUT2D eigenvalue weighted by molar-refractivity contribution is -0.141. The van der Waals surface area contributed by atoms with E-state index < -0.39 is 18.0 Å². The molecular weight excluding hydrogens is 428 g/mol. The van der Waals surface area contributed by atoms with E-state index in [0.29, 0.717) is 39.9 Å². The van der Waals surface area contributed by atoms with Crippen molar-refractivity contribution in [3.05, 3.63) is 77.0 Å². The number of nitrogens with zero attached hydrogens (tertiary/aromatic N) is 2. The van der Waals surface area contributed by atoms with E-state index in [-0.39, 0.29) is 12.5 Å². The summed E-state index contributed by atoms with van der Waals surface area (Å²) in [5.41, 5.74) is 2.29. The first-order valence-corrected chi connectivity index (χ1v) is 11.2. The van der Waals surface area contributed by atoms with Crippen molar-refractivity contribution in [2.75, 3.05) is 5.75 Å². The Morgan fingerprint density at radius 2 is 1.94 bits per heavy atom. The fraction of sp³-hybridized carbons (Fsp3) is 0.250. The summed E-state index contributed by atoms with van der Waals surface area (Å²) in [6.45, 7) is 3.17. The number of fused-ring (bicyclic) bond motifs is 1. The van der Waals surface area contributed by atoms with Gasteiger partial charge in [0.2, 0.25) is 5.91 Å². The van der Waals surface area contributed by atoms with Crippen molar-refractivity contribution in [1.29, 1.82) is 0 Å². The summed E-state index contributed by atoms with van der Waals surface area (Å²) < 4.78 is 10.8. The number of allylic oxidation sites excluding steroid dienone is 1. The second-order valence-corrected chi connectivity index (χ2v) is 8.45. The second-order valence-electron chi connectivity index (χ2n) is 7.39. The molecule has 1 saturated heterocycles. The Balaban J connectivity index is 1.72. The highest BCUT2D eigenvalue weighted by Crippen LogP contribution is 2.41. The van der Waals surface area contributed by atoms with Gasteiger partial charge in [-0.2, -0.15) is 0 Å². The van der Waals surface area contributed by atoms with E-state index in [9.17, 15) is 14.4 Å². The predicted octanol–water partition coefficient (Wildman–Crippen LogP) is 4.01. The molecule has 0 bridgehead atoms. The summed E-state index contributed by atoms with van der Waals surface area (Å²) in [5, 5.41) is 0.557. The quantitative estimate of drug-likeness (QED) is 0.506. The van der Waals surface area contributed by atoms with Gasteiger partial charge in [0.25, 0.3) is 0 Å². The first kappa shape index (κ1) is 21.8. The van der Waals surface area contributed by atoms with E-state index in [1.807, 2.05) is 30.3 Å². The maximum atomic E-state index is 13.2. The molecule has 32 heavy (non-hydrogen) atoms. The lowest BCUT2D eigenvalue weighted by Crippen LogP contribution is -2.45. The molecule has 0 spiro atoms. The summed E-state index contributed by atoms with van der Waals surface area (Å²) in [4.78, 5) is 43.6. The first-order valence-electron chi connectivity index (χ1n) is 10.2. The monoisotopic (exact) mass is 450 g/mol. The third-order valence-corrected chi connectivity index (χ3v) is 6.03. The Labute approximate surface area is 190 Å². The topological polar surface area (TPSA) is 85.3 Å². The van der Waals surface area contributed by atoms with Gasteiger partial charge >= 0.3 is 11.9 Å². The minimum absolute atomic E-state index is 0.107. The van der Waals surface area contributed by atoms with Crippen molar-refractivity contribution in [1.82, 2.24) is 4.90 Å². The predicted molar refractivity (Wildman–Crippen MR) is 121 cm³/mol. The van der Waals surface area contributed by atoms with Crippen LogP contribution in [0.5, 0.6) is 5.75 Å². The molecule has 8 heteroatoms. The molecule has 4 rings (SSSR count). The number of amides is 1. The van der Waals surface area contributed by atoms with E-state index in [1.165, 1.54) is 18.7 Å². The molecule has 7 nitrogen and oxygen atoms in total. The summed E-state index contributed by atoms with van der Waals surface area (Å²) in [7, 11) is 0. The SMILES string of the molecule is CC(=O)Oc1cccc([C@H]2C(C(=O)OCc3ccccc3)=C(C)N=C3SCCC(=O)N32)c1. The molecule has 0 radical (unpaired) electrons. The Morgan fingerprint density at radius 3 is 2.69 bits per heavy atom. The van der Waals surface area contributed by atoms with Crippen LogP contribution in [0.1, 0.15) is 37.4 Å². The third-order valence-electron chi connectivity index (χ3n) is 5.07. The number of thioether (sulfide) groups is 1. The van der Waals surface area contributed by atoms with Crippen LogP contribution in [0.4, 0.5) is 0 Å². The van der Waals surface area contributed by atoms with E-state index in [4.69, 9.17) is 9.47 Å². The fourth-order valence-electron chi connectivity index (χ4n) is 3.69. The van der Waals surface area contributed by atoms with Crippen LogP contribution >= 0.6 is 11.8 Å². The molecule has 0 unspecified atom stereocenters. The third kappa shape index (κ3) is 4.60. The zero-order chi connectivity index (χ0) is 22.7. The summed E-state index contributed by atoms with van der Waals surface area (Å²) in [6, 6.07) is 15.5. The standard InChI is InChI=1S/C24H22N2O5S/c1-15-21(23(29)30-14-17-7-4-3-5-8-17)22(26-20(28)11-12-32-24(26)25-15)18-9-6-10-19(13-18)31-16(2)27/h3-10,13,22H,11-12,14H2,1-2H3/t22-/m0/s1. The van der Waals surface area contributed by atoms with Crippen LogP contribution in [-0.4, -0.2) is 33.7 Å². The number of aliphatic imine (C=N–C) groups is 1. The van der Waals surface area contributed by atoms with Crippen molar-refractivity contribution in [2.45, 2.75) is 32.9 Å². The molecule has 2 aliphatic rings. The van der Waals surface area contributed by atoms with Crippen LogP contribution in [0, 0.1) is 0 Å². The van der Waals surface area contributed by atoms with Gasteiger partial charge in [-0.25, -0.2) is 9.79 Å². The number of carbonyl (C=O) groups excluding carboxylic acids is 3. The molecule has 1 fully saturated rings. The van der Waals surface area contributed by atoms with Gasteiger partial charge < -0.3 is 9.47 Å². The molecule has 2 aliphatic heterocycles. The van der Waals surface area contributed by atoms with Gasteiger partial charge in [0.05, 0.1) is 17.3 Å². The molecule has 1 atom stereocenters. The Hall–Kier alpha value is -3.39. The van der Waals surface area contributed by atoms with Crippen molar-refractivity contribution >= 4 is 34.8 Å². The average Bonchev–Trinajstić information content (AvgIpc) is 2.77. The number of esters is 2. The highest BCUT2D eigenvalue weighted by Gasteiger charge is 2.41. The highest BCUT2D eigenvalue weighted by atomic mass is 32.2. The fourth-order valence-corrected chi connectivity index (χ4v) is 4.69. The zero-order valence-corrected chi connectivity index (χ0v) is 18.6. The van der Waals surface area contributed by atoms with Gasteiger partial charge in [0.1, 0.15) is 12.4 Å². The van der Waals surface area contributed by atoms with Gasteiger partial charge in [-0.15, -0.1) is 0 Å². The molecule has 0 N–H and O–H groups in total. The first-order chi connectivity index (χ1) is 15.4. The number of benzene rings is 2. The number of carbonyl (C=O) groups is 3. The number of ether oxygens (including phenoxy) is 2. The molecule has 2 heterocycles. The van der Waals surface area contributed by atoms with Crippen LogP contribution in [0.15, 0.2) is 70.9 Å². The second kappa shape index (κ2) is 9.40. The zero-order valence-electron chi connectivity index (χ0n) is 17.7. The Bertz CT molecular complexity index is 1130. The molecule has 164 valence electrons. The molecule has 0 aliphatic carbocycles. The van der Waals surface area contributed by atoms with Gasteiger partial charge in [0.15, 0.2) is 5.17 Å². The molecule has 0 aromatic heterocycles.